The maximum Gasteiger partial charge on any atom is 0.292 e. The molecule has 0 radical (unpaired) electrons. The van der Waals surface area contributed by atoms with Crippen molar-refractivity contribution in [3.63, 3.8) is 0 Å². The van der Waals surface area contributed by atoms with Gasteiger partial charge in [-0.05, 0) is 75.9 Å². The molecule has 0 bridgehead atoms. The van der Waals surface area contributed by atoms with Crippen LogP contribution in [0.25, 0.3) is 0 Å². The van der Waals surface area contributed by atoms with Gasteiger partial charge in [0.1, 0.15) is 11.4 Å². The molecule has 4 rings (SSSR count). The van der Waals surface area contributed by atoms with Crippen LogP contribution in [0, 0.1) is 62.0 Å². The van der Waals surface area contributed by atoms with Crippen LogP contribution in [0.3, 0.4) is 0 Å². The molecule has 0 aliphatic rings. The average molecular weight is 919 g/mol. The third kappa shape index (κ3) is 12.5. The number of hydrogen-bond acceptors (Lipinski definition) is 12. The van der Waals surface area contributed by atoms with Crippen LogP contribution in [-0.2, 0) is 23.7 Å². The quantitative estimate of drug-likeness (QED) is 0.0135. The highest BCUT2D eigenvalue weighted by Gasteiger charge is 2.30. The summed E-state index contributed by atoms with van der Waals surface area (Å²) in [6.45, 7) is 6.65. The molecule has 22 heteroatoms. The molecule has 2 aromatic carbocycles. The molecular formula is C44H50F4N12O6. The van der Waals surface area contributed by atoms with Crippen LogP contribution in [0.1, 0.15) is 89.9 Å². The van der Waals surface area contributed by atoms with Crippen molar-refractivity contribution in [2.45, 2.75) is 53.4 Å². The normalized spacial score (nSPS) is 11.4. The Bertz CT molecular complexity index is 2460. The molecule has 0 fully saturated rings. The second-order valence-corrected chi connectivity index (χ2v) is 15.0. The molecule has 0 aliphatic carbocycles. The summed E-state index contributed by atoms with van der Waals surface area (Å²) >= 11 is 0. The standard InChI is InChI=1S/C44H50F4N12O6/c1-23-35(25(3)59(5)37(23)41(63)55-27-11-13-31(45)33(47)17-27)39(61)43(65)53-21-29(57-49)19-51-15-9-7-8-10-16-52-20-30(58-50)22-54-44(66)40(62)36-24(2)38(60(6)26(36)4)42(64)56-28-12-14-32(46)34(48)18-28/h11-14,17-20,49-52H,7-10,15-16,21-22H2,1-6H3,(H,53,65)(H,54,66)(H,55,63)(H,56,64)/b29-19-,30-20-,57-49?,58-50?. The predicted molar refractivity (Wildman–Crippen MR) is 234 cm³/mol. The number of anilines is 2. The molecule has 4 amide bonds. The van der Waals surface area contributed by atoms with Crippen molar-refractivity contribution in [1.82, 2.24) is 30.4 Å². The number of amides is 4. The maximum atomic E-state index is 13.7. The molecule has 8 N–H and O–H groups in total. The fraction of sp³-hybridized carbons (Fsp3) is 0.318. The molecule has 0 unspecified atom stereocenters. The Kier molecular flexibility index (Phi) is 17.9. The van der Waals surface area contributed by atoms with Gasteiger partial charge in [0.05, 0.1) is 35.6 Å². The minimum atomic E-state index is -1.15. The lowest BCUT2D eigenvalue weighted by Crippen LogP contribution is -2.33. The molecule has 0 atom stereocenters. The van der Waals surface area contributed by atoms with Gasteiger partial charge in [-0.1, -0.05) is 12.8 Å². The van der Waals surface area contributed by atoms with Gasteiger partial charge in [-0.2, -0.15) is 10.2 Å². The second-order valence-electron chi connectivity index (χ2n) is 15.0. The molecular weight excluding hydrogens is 869 g/mol. The molecule has 2 aromatic heterocycles. The largest absolute Gasteiger partial charge is 0.389 e. The number of unbranched alkanes of at least 4 members (excludes halogenated alkanes) is 3. The first kappa shape index (κ1) is 50.9. The van der Waals surface area contributed by atoms with Gasteiger partial charge in [-0.3, -0.25) is 28.8 Å². The third-order valence-electron chi connectivity index (χ3n) is 10.6. The van der Waals surface area contributed by atoms with Crippen LogP contribution in [0.5, 0.6) is 0 Å². The molecule has 4 aromatic rings. The Morgan fingerprint density at radius 2 is 0.939 bits per heavy atom. The number of hydrogen-bond donors (Lipinski definition) is 8. The van der Waals surface area contributed by atoms with Crippen molar-refractivity contribution in [2.75, 3.05) is 36.8 Å². The zero-order valence-corrected chi connectivity index (χ0v) is 37.0. The van der Waals surface area contributed by atoms with Crippen molar-refractivity contribution in [1.29, 1.82) is 11.1 Å². The van der Waals surface area contributed by atoms with Crippen molar-refractivity contribution >= 4 is 46.6 Å². The van der Waals surface area contributed by atoms with E-state index in [2.05, 4.69) is 42.1 Å². The fourth-order valence-corrected chi connectivity index (χ4v) is 6.96. The van der Waals surface area contributed by atoms with Crippen LogP contribution in [-0.4, -0.2) is 70.5 Å². The van der Waals surface area contributed by atoms with E-state index < -0.39 is 58.5 Å². The van der Waals surface area contributed by atoms with Gasteiger partial charge in [0.25, 0.3) is 35.2 Å². The number of ketones is 2. The van der Waals surface area contributed by atoms with Gasteiger partial charge in [0, 0.05) is 74.5 Å². The zero-order chi connectivity index (χ0) is 48.8. The second kappa shape index (κ2) is 23.2. The molecule has 66 heavy (non-hydrogen) atoms. The number of Topliss-reactive ketones (excluding diaryl/α,β-unsaturated/α-hetero) is 2. The molecule has 18 nitrogen and oxygen atoms in total. The van der Waals surface area contributed by atoms with Gasteiger partial charge in [0.15, 0.2) is 23.3 Å². The van der Waals surface area contributed by atoms with Crippen molar-refractivity contribution in [2.24, 2.45) is 24.3 Å². The summed E-state index contributed by atoms with van der Waals surface area (Å²) in [6.07, 6.45) is 6.03. The molecule has 350 valence electrons. The monoisotopic (exact) mass is 918 g/mol. The summed E-state index contributed by atoms with van der Waals surface area (Å²) in [5, 5.41) is 22.6. The van der Waals surface area contributed by atoms with E-state index in [-0.39, 0.29) is 69.5 Å². The van der Waals surface area contributed by atoms with Gasteiger partial charge in [-0.15, -0.1) is 0 Å². The molecule has 0 spiro atoms. The van der Waals surface area contributed by atoms with Gasteiger partial charge >= 0.3 is 0 Å². The van der Waals surface area contributed by atoms with E-state index in [1.165, 1.54) is 61.6 Å². The number of benzene rings is 2. The number of rotatable bonds is 23. The topological polar surface area (TPSA) is 257 Å². The maximum absolute atomic E-state index is 13.7. The minimum absolute atomic E-state index is 0.00317. The fourth-order valence-electron chi connectivity index (χ4n) is 6.96. The average Bonchev–Trinajstić information content (AvgIpc) is 3.65. The van der Waals surface area contributed by atoms with Crippen molar-refractivity contribution < 1.29 is 46.3 Å². The van der Waals surface area contributed by atoms with E-state index in [1.807, 2.05) is 0 Å². The summed E-state index contributed by atoms with van der Waals surface area (Å²) in [5.74, 6) is -9.67. The first-order chi connectivity index (χ1) is 31.3. The molecule has 2 heterocycles. The SMILES string of the molecule is Cc1c(C(=O)C(=O)NC/C(=C/NCCCCCCN/C=C(/CNC(=O)C(=O)c2c(C)c(C(=O)Nc3ccc(F)c(F)c3)n(C)c2C)N=N)N=N)c(C)n(C)c1C(=O)Nc1ccc(F)c(F)c1. The van der Waals surface area contributed by atoms with Crippen LogP contribution < -0.4 is 31.9 Å². The highest BCUT2D eigenvalue weighted by atomic mass is 19.2. The van der Waals surface area contributed by atoms with E-state index in [4.69, 9.17) is 11.1 Å². The van der Waals surface area contributed by atoms with E-state index in [1.54, 1.807) is 13.8 Å². The van der Waals surface area contributed by atoms with E-state index in [9.17, 15) is 46.3 Å². The van der Waals surface area contributed by atoms with Gasteiger partial charge in [-0.25, -0.2) is 28.6 Å². The Hall–Kier alpha value is -7.78. The highest BCUT2D eigenvalue weighted by Crippen LogP contribution is 2.25. The molecule has 0 saturated heterocycles. The minimum Gasteiger partial charge on any atom is -0.389 e. The van der Waals surface area contributed by atoms with Crippen molar-refractivity contribution in [3.05, 3.63) is 128 Å². The summed E-state index contributed by atoms with van der Waals surface area (Å²) in [5.41, 5.74) is 16.3. The van der Waals surface area contributed by atoms with Crippen LogP contribution in [0.15, 0.2) is 70.4 Å². The lowest BCUT2D eigenvalue weighted by molar-refractivity contribution is -0.117. The highest BCUT2D eigenvalue weighted by molar-refractivity contribution is 6.44. The number of carbonyl (C=O) groups excluding carboxylic acids is 6. The van der Waals surface area contributed by atoms with Crippen LogP contribution in [0.2, 0.25) is 0 Å². The summed E-state index contributed by atoms with van der Waals surface area (Å²) in [6, 6.07) is 5.72. The first-order valence-corrected chi connectivity index (χ1v) is 20.4. The number of nitrogens with one attached hydrogen (secondary N) is 8. The summed E-state index contributed by atoms with van der Waals surface area (Å²) in [4.78, 5) is 78.1. The number of halogens is 4. The van der Waals surface area contributed by atoms with Crippen LogP contribution >= 0.6 is 0 Å². The lowest BCUT2D eigenvalue weighted by atomic mass is 10.0. The summed E-state index contributed by atoms with van der Waals surface area (Å²) < 4.78 is 56.8. The third-order valence-corrected chi connectivity index (χ3v) is 10.6. The first-order valence-electron chi connectivity index (χ1n) is 20.4. The molecule has 0 aliphatic heterocycles. The van der Waals surface area contributed by atoms with E-state index in [0.717, 1.165) is 49.9 Å². The lowest BCUT2D eigenvalue weighted by Gasteiger charge is -2.08. The van der Waals surface area contributed by atoms with Gasteiger partial charge < -0.3 is 41.0 Å². The molecule has 0 saturated carbocycles. The van der Waals surface area contributed by atoms with Crippen molar-refractivity contribution in [3.8, 4) is 0 Å². The number of carbonyl (C=O) groups is 6. The van der Waals surface area contributed by atoms with E-state index in [0.29, 0.717) is 24.5 Å². The summed E-state index contributed by atoms with van der Waals surface area (Å²) in [7, 11) is 3.04. The Balaban J connectivity index is 1.15. The smallest absolute Gasteiger partial charge is 0.292 e. The zero-order valence-electron chi connectivity index (χ0n) is 37.0. The van der Waals surface area contributed by atoms with Gasteiger partial charge in [0.2, 0.25) is 0 Å². The Labute approximate surface area is 376 Å². The number of nitrogens with zero attached hydrogens (tertiary/aromatic N) is 4. The predicted octanol–water partition coefficient (Wildman–Crippen LogP) is 6.44. The van der Waals surface area contributed by atoms with Crippen LogP contribution in [0.4, 0.5) is 28.9 Å². The van der Waals surface area contributed by atoms with E-state index >= 15 is 0 Å². The number of aromatic nitrogens is 2. The Morgan fingerprint density at radius 3 is 1.27 bits per heavy atom. The Morgan fingerprint density at radius 1 is 0.576 bits per heavy atom.